The Morgan fingerprint density at radius 1 is 1.12 bits per heavy atom. The third kappa shape index (κ3) is 3.82. The minimum absolute atomic E-state index is 0.102. The summed E-state index contributed by atoms with van der Waals surface area (Å²) in [5.41, 5.74) is 0.154. The minimum Gasteiger partial charge on any atom is -0.444 e. The maximum absolute atomic E-state index is 12.3. The standard InChI is InChI=1S/C18H22N2O5/c1-18(2,3)24-17(23)19-11-8-9-12(10-11)25-20-15(21)13-6-4-5-7-14(13)16(20)22/h4-7,11-12H,8-10H2,1-3H3,(H,19,23). The number of rotatable bonds is 3. The summed E-state index contributed by atoms with van der Waals surface area (Å²) in [5, 5.41) is 3.64. The third-order valence-electron chi connectivity index (χ3n) is 4.12. The van der Waals surface area contributed by atoms with Gasteiger partial charge < -0.3 is 10.1 Å². The Morgan fingerprint density at radius 3 is 2.28 bits per heavy atom. The van der Waals surface area contributed by atoms with E-state index in [1.54, 1.807) is 45.0 Å². The highest BCUT2D eigenvalue weighted by Crippen LogP contribution is 2.28. The SMILES string of the molecule is CC(C)(C)OC(=O)NC1CCC(ON2C(=O)c3ccccc3C2=O)C1. The Morgan fingerprint density at radius 2 is 1.72 bits per heavy atom. The molecule has 0 saturated heterocycles. The van der Waals surface area contributed by atoms with Crippen LogP contribution in [0.1, 0.15) is 60.7 Å². The molecule has 3 amide bonds. The summed E-state index contributed by atoms with van der Waals surface area (Å²) >= 11 is 0. The van der Waals surface area contributed by atoms with Gasteiger partial charge in [-0.15, -0.1) is 5.06 Å². The van der Waals surface area contributed by atoms with E-state index in [0.29, 0.717) is 30.4 Å². The predicted octanol–water partition coefficient (Wildman–Crippen LogP) is 2.66. The van der Waals surface area contributed by atoms with Crippen LogP contribution < -0.4 is 5.32 Å². The highest BCUT2D eigenvalue weighted by Gasteiger charge is 2.39. The van der Waals surface area contributed by atoms with Gasteiger partial charge in [0.15, 0.2) is 0 Å². The zero-order valence-corrected chi connectivity index (χ0v) is 14.6. The molecule has 25 heavy (non-hydrogen) atoms. The average Bonchev–Trinajstić information content (AvgIpc) is 3.05. The Balaban J connectivity index is 1.55. The molecule has 7 heteroatoms. The summed E-state index contributed by atoms with van der Waals surface area (Å²) in [4.78, 5) is 42.1. The number of alkyl carbamates (subject to hydrolysis) is 1. The molecule has 2 atom stereocenters. The van der Waals surface area contributed by atoms with E-state index in [2.05, 4.69) is 5.32 Å². The van der Waals surface area contributed by atoms with Gasteiger partial charge in [0.05, 0.1) is 17.2 Å². The van der Waals surface area contributed by atoms with E-state index in [0.717, 1.165) is 5.06 Å². The molecule has 1 saturated carbocycles. The van der Waals surface area contributed by atoms with E-state index in [1.807, 2.05) is 0 Å². The molecule has 1 heterocycles. The number of nitrogens with zero attached hydrogens (tertiary/aromatic N) is 1. The van der Waals surface area contributed by atoms with Crippen molar-refractivity contribution in [3.63, 3.8) is 0 Å². The van der Waals surface area contributed by atoms with Crippen LogP contribution in [0.15, 0.2) is 24.3 Å². The van der Waals surface area contributed by atoms with E-state index in [1.165, 1.54) is 0 Å². The molecule has 0 aromatic heterocycles. The average molecular weight is 346 g/mol. The molecule has 1 aromatic rings. The number of fused-ring (bicyclic) bond motifs is 1. The first kappa shape index (κ1) is 17.4. The van der Waals surface area contributed by atoms with Crippen molar-refractivity contribution in [1.29, 1.82) is 0 Å². The number of hydrogen-bond acceptors (Lipinski definition) is 5. The summed E-state index contributed by atoms with van der Waals surface area (Å²) < 4.78 is 5.24. The molecule has 0 radical (unpaired) electrons. The fourth-order valence-corrected chi connectivity index (χ4v) is 3.05. The molecule has 1 aliphatic carbocycles. The summed E-state index contributed by atoms with van der Waals surface area (Å²) in [6, 6.07) is 6.55. The molecule has 1 N–H and O–H groups in total. The number of benzene rings is 1. The second kappa shape index (κ2) is 6.48. The smallest absolute Gasteiger partial charge is 0.407 e. The maximum atomic E-state index is 12.3. The molecule has 2 unspecified atom stereocenters. The predicted molar refractivity (Wildman–Crippen MR) is 88.8 cm³/mol. The van der Waals surface area contributed by atoms with E-state index < -0.39 is 23.5 Å². The molecule has 134 valence electrons. The second-order valence-corrected chi connectivity index (χ2v) is 7.33. The first-order valence-electron chi connectivity index (χ1n) is 8.39. The van der Waals surface area contributed by atoms with Crippen LogP contribution in [0.3, 0.4) is 0 Å². The van der Waals surface area contributed by atoms with Crippen LogP contribution in [0.4, 0.5) is 4.79 Å². The Bertz CT molecular complexity index is 675. The van der Waals surface area contributed by atoms with Crippen LogP contribution in [0.25, 0.3) is 0 Å². The summed E-state index contributed by atoms with van der Waals surface area (Å²) in [6.45, 7) is 5.40. The van der Waals surface area contributed by atoms with Crippen molar-refractivity contribution in [1.82, 2.24) is 10.4 Å². The topological polar surface area (TPSA) is 84.9 Å². The molecule has 0 spiro atoms. The third-order valence-corrected chi connectivity index (χ3v) is 4.12. The lowest BCUT2D eigenvalue weighted by molar-refractivity contribution is -0.129. The van der Waals surface area contributed by atoms with Crippen molar-refractivity contribution >= 4 is 17.9 Å². The number of imide groups is 1. The molecular weight excluding hydrogens is 324 g/mol. The van der Waals surface area contributed by atoms with Gasteiger partial charge in [0.1, 0.15) is 5.60 Å². The Hall–Kier alpha value is -2.41. The number of hydroxylamine groups is 2. The zero-order chi connectivity index (χ0) is 18.2. The molecule has 0 bridgehead atoms. The number of amides is 3. The molecule has 3 rings (SSSR count). The van der Waals surface area contributed by atoms with E-state index >= 15 is 0 Å². The van der Waals surface area contributed by atoms with Gasteiger partial charge in [-0.05, 0) is 52.2 Å². The maximum Gasteiger partial charge on any atom is 0.407 e. The molecule has 2 aliphatic rings. The fraction of sp³-hybridized carbons (Fsp3) is 0.500. The van der Waals surface area contributed by atoms with Crippen LogP contribution >= 0.6 is 0 Å². The van der Waals surface area contributed by atoms with Gasteiger partial charge in [-0.25, -0.2) is 4.79 Å². The Kier molecular flexibility index (Phi) is 4.51. The number of ether oxygens (including phenoxy) is 1. The first-order chi connectivity index (χ1) is 11.7. The lowest BCUT2D eigenvalue weighted by Crippen LogP contribution is -2.39. The molecule has 1 aliphatic heterocycles. The van der Waals surface area contributed by atoms with Gasteiger partial charge in [0.2, 0.25) is 0 Å². The summed E-state index contributed by atoms with van der Waals surface area (Å²) in [6.07, 6.45) is 1.09. The van der Waals surface area contributed by atoms with Crippen molar-refractivity contribution in [2.75, 3.05) is 0 Å². The quantitative estimate of drug-likeness (QED) is 0.851. The van der Waals surface area contributed by atoms with Crippen LogP contribution in [-0.2, 0) is 9.57 Å². The monoisotopic (exact) mass is 346 g/mol. The normalized spacial score (nSPS) is 22.9. The molecule has 1 fully saturated rings. The van der Waals surface area contributed by atoms with Gasteiger partial charge in [-0.1, -0.05) is 12.1 Å². The molecule has 7 nitrogen and oxygen atoms in total. The van der Waals surface area contributed by atoms with Gasteiger partial charge in [-0.3, -0.25) is 14.4 Å². The number of hydrogen-bond donors (Lipinski definition) is 1. The highest BCUT2D eigenvalue weighted by atomic mass is 16.7. The van der Waals surface area contributed by atoms with Gasteiger partial charge >= 0.3 is 6.09 Å². The van der Waals surface area contributed by atoms with Crippen molar-refractivity contribution in [3.8, 4) is 0 Å². The van der Waals surface area contributed by atoms with Gasteiger partial charge in [0.25, 0.3) is 11.8 Å². The van der Waals surface area contributed by atoms with Crippen LogP contribution in [0, 0.1) is 0 Å². The van der Waals surface area contributed by atoms with Gasteiger partial charge in [-0.2, -0.15) is 0 Å². The highest BCUT2D eigenvalue weighted by molar-refractivity contribution is 6.20. The van der Waals surface area contributed by atoms with Crippen LogP contribution in [0.5, 0.6) is 0 Å². The lowest BCUT2D eigenvalue weighted by Gasteiger charge is -2.22. The first-order valence-corrected chi connectivity index (χ1v) is 8.39. The van der Waals surface area contributed by atoms with Crippen LogP contribution in [0.2, 0.25) is 0 Å². The van der Waals surface area contributed by atoms with Crippen molar-refractivity contribution in [2.24, 2.45) is 0 Å². The molecular formula is C18H22N2O5. The number of carbonyl (C=O) groups is 3. The molecule has 1 aromatic carbocycles. The summed E-state index contributed by atoms with van der Waals surface area (Å²) in [7, 11) is 0. The van der Waals surface area contributed by atoms with E-state index in [-0.39, 0.29) is 12.1 Å². The minimum atomic E-state index is -0.557. The fourth-order valence-electron chi connectivity index (χ4n) is 3.05. The van der Waals surface area contributed by atoms with Crippen LogP contribution in [-0.4, -0.2) is 40.7 Å². The largest absolute Gasteiger partial charge is 0.444 e. The second-order valence-electron chi connectivity index (χ2n) is 7.33. The van der Waals surface area contributed by atoms with Crippen molar-refractivity contribution in [2.45, 2.75) is 57.8 Å². The van der Waals surface area contributed by atoms with Crippen molar-refractivity contribution in [3.05, 3.63) is 35.4 Å². The number of nitrogens with one attached hydrogen (secondary N) is 1. The summed E-state index contributed by atoms with van der Waals surface area (Å²) in [5.74, 6) is -0.881. The lowest BCUT2D eigenvalue weighted by atomic mass is 10.1. The number of carbonyl (C=O) groups excluding carboxylic acids is 3. The van der Waals surface area contributed by atoms with Gasteiger partial charge in [0, 0.05) is 6.04 Å². The van der Waals surface area contributed by atoms with E-state index in [9.17, 15) is 14.4 Å². The van der Waals surface area contributed by atoms with E-state index in [4.69, 9.17) is 9.57 Å². The Labute approximate surface area is 146 Å². The zero-order valence-electron chi connectivity index (χ0n) is 14.6. The van der Waals surface area contributed by atoms with Crippen molar-refractivity contribution < 1.29 is 24.0 Å².